The largest absolute Gasteiger partial charge is 0.393 e. The van der Waals surface area contributed by atoms with Gasteiger partial charge in [-0.25, -0.2) is 0 Å². The minimum absolute atomic E-state index is 0.176. The van der Waals surface area contributed by atoms with E-state index >= 15 is 0 Å². The number of nitrogens with zero attached hydrogens (tertiary/aromatic N) is 1. The number of hydrogen-bond donors (Lipinski definition) is 2. The summed E-state index contributed by atoms with van der Waals surface area (Å²) < 4.78 is 5.09. The summed E-state index contributed by atoms with van der Waals surface area (Å²) in [6, 6.07) is 9.47. The number of rotatable bonds is 6. The molecule has 1 atom stereocenters. The molecule has 5 heteroatoms. The Labute approximate surface area is 130 Å². The first-order chi connectivity index (χ1) is 10.5. The molecule has 0 saturated heterocycles. The lowest BCUT2D eigenvalue weighted by Gasteiger charge is -2.13. The monoisotopic (exact) mass is 302 g/mol. The van der Waals surface area contributed by atoms with Gasteiger partial charge in [-0.2, -0.15) is 0 Å². The van der Waals surface area contributed by atoms with Crippen molar-refractivity contribution in [2.75, 3.05) is 6.54 Å². The molecule has 22 heavy (non-hydrogen) atoms. The molecule has 118 valence electrons. The summed E-state index contributed by atoms with van der Waals surface area (Å²) in [6.07, 6.45) is 0.0978. The van der Waals surface area contributed by atoms with Crippen molar-refractivity contribution >= 4 is 5.91 Å². The summed E-state index contributed by atoms with van der Waals surface area (Å²) in [5.41, 5.74) is 2.70. The van der Waals surface area contributed by atoms with Crippen molar-refractivity contribution in [3.63, 3.8) is 0 Å². The lowest BCUT2D eigenvalue weighted by Crippen LogP contribution is -2.28. The number of carbonyl (C=O) groups is 1. The highest BCUT2D eigenvalue weighted by molar-refractivity contribution is 5.92. The maximum absolute atomic E-state index is 12.0. The van der Waals surface area contributed by atoms with Gasteiger partial charge in [-0.1, -0.05) is 48.8 Å². The maximum Gasteiger partial charge on any atom is 0.289 e. The summed E-state index contributed by atoms with van der Waals surface area (Å²) >= 11 is 0. The van der Waals surface area contributed by atoms with E-state index in [1.54, 1.807) is 6.07 Å². The Morgan fingerprint density at radius 1 is 1.32 bits per heavy atom. The molecule has 0 bridgehead atoms. The smallest absolute Gasteiger partial charge is 0.289 e. The van der Waals surface area contributed by atoms with Crippen LogP contribution in [0.2, 0.25) is 0 Å². The Bertz CT molecular complexity index is 617. The molecule has 0 fully saturated rings. The predicted molar refractivity (Wildman–Crippen MR) is 84.5 cm³/mol. The third-order valence-corrected chi connectivity index (χ3v) is 3.58. The zero-order chi connectivity index (χ0) is 16.1. The molecule has 0 aliphatic carbocycles. The maximum atomic E-state index is 12.0. The number of aromatic nitrogens is 1. The van der Waals surface area contributed by atoms with Crippen molar-refractivity contribution in [2.24, 2.45) is 5.92 Å². The number of hydrogen-bond acceptors (Lipinski definition) is 4. The molecule has 1 heterocycles. The van der Waals surface area contributed by atoms with E-state index in [0.29, 0.717) is 18.7 Å². The van der Waals surface area contributed by atoms with Crippen LogP contribution in [0.25, 0.3) is 11.3 Å². The summed E-state index contributed by atoms with van der Waals surface area (Å²) in [6.45, 7) is 6.29. The second-order valence-corrected chi connectivity index (χ2v) is 5.80. The third-order valence-electron chi connectivity index (χ3n) is 3.58. The van der Waals surface area contributed by atoms with E-state index < -0.39 is 6.10 Å². The van der Waals surface area contributed by atoms with E-state index in [1.165, 1.54) is 0 Å². The van der Waals surface area contributed by atoms with Crippen LogP contribution in [-0.4, -0.2) is 28.8 Å². The Morgan fingerprint density at radius 3 is 2.64 bits per heavy atom. The number of aryl methyl sites for hydroxylation is 1. The van der Waals surface area contributed by atoms with Gasteiger partial charge in [-0.3, -0.25) is 4.79 Å². The standard InChI is InChI=1S/C17H22N2O3/c1-11(2)15(20)8-9-18-17(21)16-10-14(19-22-16)13-6-4-12(3)5-7-13/h4-7,10-11,15,20H,8-9H2,1-3H3,(H,18,21). The Kier molecular flexibility index (Phi) is 5.33. The van der Waals surface area contributed by atoms with Crippen molar-refractivity contribution in [1.29, 1.82) is 0 Å². The van der Waals surface area contributed by atoms with E-state index in [0.717, 1.165) is 11.1 Å². The first-order valence-electron chi connectivity index (χ1n) is 7.47. The molecule has 1 unspecified atom stereocenters. The lowest BCUT2D eigenvalue weighted by atomic mass is 10.0. The third kappa shape index (κ3) is 4.18. The van der Waals surface area contributed by atoms with Gasteiger partial charge in [0.15, 0.2) is 0 Å². The molecule has 2 N–H and O–H groups in total. The molecule has 5 nitrogen and oxygen atoms in total. The Hall–Kier alpha value is -2.14. The van der Waals surface area contributed by atoms with Gasteiger partial charge in [-0.05, 0) is 19.3 Å². The molecular formula is C17H22N2O3. The van der Waals surface area contributed by atoms with Gasteiger partial charge in [0.25, 0.3) is 5.91 Å². The molecular weight excluding hydrogens is 280 g/mol. The highest BCUT2D eigenvalue weighted by Crippen LogP contribution is 2.19. The van der Waals surface area contributed by atoms with Crippen LogP contribution in [0.1, 0.15) is 36.4 Å². The van der Waals surface area contributed by atoms with E-state index in [1.807, 2.05) is 45.0 Å². The van der Waals surface area contributed by atoms with E-state index in [9.17, 15) is 9.90 Å². The number of carbonyl (C=O) groups excluding carboxylic acids is 1. The van der Waals surface area contributed by atoms with Gasteiger partial charge in [-0.15, -0.1) is 0 Å². The second-order valence-electron chi connectivity index (χ2n) is 5.80. The van der Waals surface area contributed by atoms with Gasteiger partial charge >= 0.3 is 0 Å². The normalized spacial score (nSPS) is 12.4. The number of amides is 1. The van der Waals surface area contributed by atoms with Crippen LogP contribution in [0, 0.1) is 12.8 Å². The summed E-state index contributed by atoms with van der Waals surface area (Å²) in [5.74, 6) is 0.0340. The molecule has 1 aromatic carbocycles. The Balaban J connectivity index is 1.93. The highest BCUT2D eigenvalue weighted by Gasteiger charge is 2.15. The Morgan fingerprint density at radius 2 is 2.00 bits per heavy atom. The van der Waals surface area contributed by atoms with Gasteiger partial charge in [0, 0.05) is 18.2 Å². The highest BCUT2D eigenvalue weighted by atomic mass is 16.5. The van der Waals surface area contributed by atoms with Gasteiger partial charge in [0.2, 0.25) is 5.76 Å². The topological polar surface area (TPSA) is 75.4 Å². The van der Waals surface area contributed by atoms with Crippen LogP contribution in [0.5, 0.6) is 0 Å². The van der Waals surface area contributed by atoms with Crippen molar-refractivity contribution < 1.29 is 14.4 Å². The van der Waals surface area contributed by atoms with Crippen molar-refractivity contribution in [2.45, 2.75) is 33.3 Å². The van der Waals surface area contributed by atoms with Crippen molar-refractivity contribution in [3.8, 4) is 11.3 Å². The second kappa shape index (κ2) is 7.22. The van der Waals surface area contributed by atoms with Gasteiger partial charge < -0.3 is 14.9 Å². The van der Waals surface area contributed by atoms with Crippen molar-refractivity contribution in [3.05, 3.63) is 41.7 Å². The average Bonchev–Trinajstić information content (AvgIpc) is 2.97. The minimum atomic E-state index is -0.418. The molecule has 2 aromatic rings. The molecule has 0 aliphatic heterocycles. The average molecular weight is 302 g/mol. The number of nitrogens with one attached hydrogen (secondary N) is 1. The quantitative estimate of drug-likeness (QED) is 0.860. The number of aliphatic hydroxyl groups excluding tert-OH is 1. The fraction of sp³-hybridized carbons (Fsp3) is 0.412. The lowest BCUT2D eigenvalue weighted by molar-refractivity contribution is 0.0886. The van der Waals surface area contributed by atoms with Crippen LogP contribution < -0.4 is 5.32 Å². The number of aliphatic hydroxyl groups is 1. The fourth-order valence-electron chi connectivity index (χ4n) is 2.00. The van der Waals surface area contributed by atoms with Crippen LogP contribution in [-0.2, 0) is 0 Å². The number of benzene rings is 1. The zero-order valence-electron chi connectivity index (χ0n) is 13.2. The van der Waals surface area contributed by atoms with Crippen LogP contribution in [0.3, 0.4) is 0 Å². The molecule has 1 aromatic heterocycles. The minimum Gasteiger partial charge on any atom is -0.393 e. The summed E-state index contributed by atoms with van der Waals surface area (Å²) in [7, 11) is 0. The summed E-state index contributed by atoms with van der Waals surface area (Å²) in [5, 5.41) is 16.3. The van der Waals surface area contributed by atoms with E-state index in [2.05, 4.69) is 10.5 Å². The van der Waals surface area contributed by atoms with E-state index in [-0.39, 0.29) is 17.6 Å². The van der Waals surface area contributed by atoms with Crippen LogP contribution in [0.15, 0.2) is 34.9 Å². The predicted octanol–water partition coefficient (Wildman–Crippen LogP) is 2.79. The van der Waals surface area contributed by atoms with E-state index in [4.69, 9.17) is 4.52 Å². The SMILES string of the molecule is Cc1ccc(-c2cc(C(=O)NCCC(O)C(C)C)on2)cc1. The fourth-order valence-corrected chi connectivity index (χ4v) is 2.00. The van der Waals surface area contributed by atoms with Gasteiger partial charge in [0.05, 0.1) is 6.10 Å². The van der Waals surface area contributed by atoms with Crippen LogP contribution in [0.4, 0.5) is 0 Å². The first-order valence-corrected chi connectivity index (χ1v) is 7.47. The first kappa shape index (κ1) is 16.2. The van der Waals surface area contributed by atoms with Gasteiger partial charge in [0.1, 0.15) is 5.69 Å². The molecule has 0 aliphatic rings. The van der Waals surface area contributed by atoms with Crippen LogP contribution >= 0.6 is 0 Å². The van der Waals surface area contributed by atoms with Crippen molar-refractivity contribution in [1.82, 2.24) is 10.5 Å². The molecule has 1 amide bonds. The molecule has 0 spiro atoms. The molecule has 2 rings (SSSR count). The summed E-state index contributed by atoms with van der Waals surface area (Å²) in [4.78, 5) is 12.0. The molecule has 0 saturated carbocycles. The zero-order valence-corrected chi connectivity index (χ0v) is 13.2. The molecule has 0 radical (unpaired) electrons.